The average Bonchev–Trinajstić information content (AvgIpc) is 2.77. The summed E-state index contributed by atoms with van der Waals surface area (Å²) in [7, 11) is -4.08. The number of carbonyl (C=O) groups is 2. The van der Waals surface area contributed by atoms with Gasteiger partial charge in [0.25, 0.3) is 0 Å². The second-order valence-corrected chi connectivity index (χ2v) is 9.92. The van der Waals surface area contributed by atoms with Gasteiger partial charge in [0, 0.05) is 18.7 Å². The fourth-order valence-corrected chi connectivity index (χ4v) is 3.93. The standard InChI is InChI=1S/C23H28F3N3O4S/c1-5-15(2)27-23(31)16(3)28(13-17-6-8-18(24)9-7-17)22(30)14-29(34(4,32)33)19-10-11-20(25)21(26)12-19/h6-12,15-16H,5,13-14H2,1-4H3,(H,27,31)/t15-,16-/m1/s1. The molecule has 2 rings (SSSR count). The summed E-state index contributed by atoms with van der Waals surface area (Å²) >= 11 is 0. The van der Waals surface area contributed by atoms with Crippen LogP contribution in [-0.4, -0.2) is 50.0 Å². The highest BCUT2D eigenvalue weighted by Crippen LogP contribution is 2.21. The first-order valence-corrected chi connectivity index (χ1v) is 12.4. The second-order valence-electron chi connectivity index (χ2n) is 8.01. The van der Waals surface area contributed by atoms with Crippen LogP contribution in [0, 0.1) is 17.5 Å². The van der Waals surface area contributed by atoms with Crippen molar-refractivity contribution in [3.8, 4) is 0 Å². The number of anilines is 1. The van der Waals surface area contributed by atoms with Crippen molar-refractivity contribution < 1.29 is 31.2 Å². The highest BCUT2D eigenvalue weighted by molar-refractivity contribution is 7.92. The molecule has 0 saturated heterocycles. The fraction of sp³-hybridized carbons (Fsp3) is 0.391. The Balaban J connectivity index is 2.39. The topological polar surface area (TPSA) is 86.8 Å². The molecule has 2 amide bonds. The van der Waals surface area contributed by atoms with Crippen LogP contribution in [0.2, 0.25) is 0 Å². The fourth-order valence-electron chi connectivity index (χ4n) is 3.09. The maximum absolute atomic E-state index is 13.8. The van der Waals surface area contributed by atoms with Gasteiger partial charge in [0.2, 0.25) is 21.8 Å². The molecule has 2 aromatic carbocycles. The van der Waals surface area contributed by atoms with Gasteiger partial charge in [0.05, 0.1) is 11.9 Å². The van der Waals surface area contributed by atoms with E-state index in [-0.39, 0.29) is 18.3 Å². The van der Waals surface area contributed by atoms with E-state index < -0.39 is 51.9 Å². The molecule has 0 aliphatic carbocycles. The molecule has 7 nitrogen and oxygen atoms in total. The van der Waals surface area contributed by atoms with E-state index in [0.717, 1.165) is 23.3 Å². The molecule has 0 radical (unpaired) electrons. The number of nitrogens with one attached hydrogen (secondary N) is 1. The number of nitrogens with zero attached hydrogens (tertiary/aromatic N) is 2. The Morgan fingerprint density at radius 1 is 1.00 bits per heavy atom. The molecule has 186 valence electrons. The average molecular weight is 500 g/mol. The van der Waals surface area contributed by atoms with Gasteiger partial charge < -0.3 is 10.2 Å². The number of sulfonamides is 1. The first-order chi connectivity index (χ1) is 15.8. The summed E-state index contributed by atoms with van der Waals surface area (Å²) in [5, 5.41) is 2.77. The van der Waals surface area contributed by atoms with Gasteiger partial charge in [-0.3, -0.25) is 13.9 Å². The number of amides is 2. The first-order valence-electron chi connectivity index (χ1n) is 10.6. The number of hydrogen-bond donors (Lipinski definition) is 1. The van der Waals surface area contributed by atoms with Crippen molar-refractivity contribution in [3.63, 3.8) is 0 Å². The molecule has 1 N–H and O–H groups in total. The molecule has 0 unspecified atom stereocenters. The summed E-state index contributed by atoms with van der Waals surface area (Å²) in [6.45, 7) is 4.30. The molecular formula is C23H28F3N3O4S. The van der Waals surface area contributed by atoms with E-state index in [9.17, 15) is 31.2 Å². The minimum absolute atomic E-state index is 0.108. The van der Waals surface area contributed by atoms with Crippen molar-refractivity contribution in [2.75, 3.05) is 17.1 Å². The molecule has 2 atom stereocenters. The highest BCUT2D eigenvalue weighted by Gasteiger charge is 2.30. The van der Waals surface area contributed by atoms with Crippen molar-refractivity contribution in [2.45, 2.75) is 45.8 Å². The van der Waals surface area contributed by atoms with Crippen LogP contribution in [0.15, 0.2) is 42.5 Å². The summed E-state index contributed by atoms with van der Waals surface area (Å²) in [6, 6.07) is 6.59. The summed E-state index contributed by atoms with van der Waals surface area (Å²) in [4.78, 5) is 27.2. The Bertz CT molecular complexity index is 1130. The van der Waals surface area contributed by atoms with E-state index in [1.807, 2.05) is 6.92 Å². The maximum atomic E-state index is 13.8. The van der Waals surface area contributed by atoms with Crippen molar-refractivity contribution in [1.82, 2.24) is 10.2 Å². The number of benzene rings is 2. The molecule has 0 saturated carbocycles. The summed E-state index contributed by atoms with van der Waals surface area (Å²) in [5.41, 5.74) is 0.268. The quantitative estimate of drug-likeness (QED) is 0.544. The molecule has 0 fully saturated rings. The number of hydrogen-bond acceptors (Lipinski definition) is 4. The predicted molar refractivity (Wildman–Crippen MR) is 123 cm³/mol. The Labute approximate surface area is 197 Å². The van der Waals surface area contributed by atoms with E-state index in [1.54, 1.807) is 6.92 Å². The molecule has 0 bridgehead atoms. The SMILES string of the molecule is CC[C@@H](C)NC(=O)[C@@H](C)N(Cc1ccc(F)cc1)C(=O)CN(c1ccc(F)c(F)c1)S(C)(=O)=O. The van der Waals surface area contributed by atoms with Crippen LogP contribution < -0.4 is 9.62 Å². The summed E-state index contributed by atoms with van der Waals surface area (Å²) in [5.74, 6) is -4.14. The van der Waals surface area contributed by atoms with Crippen LogP contribution in [0.1, 0.15) is 32.8 Å². The van der Waals surface area contributed by atoms with E-state index in [0.29, 0.717) is 22.4 Å². The van der Waals surface area contributed by atoms with Crippen molar-refractivity contribution in [3.05, 3.63) is 65.5 Å². The van der Waals surface area contributed by atoms with E-state index >= 15 is 0 Å². The van der Waals surface area contributed by atoms with Gasteiger partial charge in [0.15, 0.2) is 11.6 Å². The van der Waals surface area contributed by atoms with E-state index in [1.165, 1.54) is 31.2 Å². The highest BCUT2D eigenvalue weighted by atomic mass is 32.2. The van der Waals surface area contributed by atoms with Crippen LogP contribution in [0.5, 0.6) is 0 Å². The molecule has 0 aliphatic rings. The Kier molecular flexibility index (Phi) is 9.08. The first kappa shape index (κ1) is 27.2. The maximum Gasteiger partial charge on any atom is 0.244 e. The molecule has 11 heteroatoms. The van der Waals surface area contributed by atoms with Crippen LogP contribution in [0.3, 0.4) is 0 Å². The van der Waals surface area contributed by atoms with E-state index in [4.69, 9.17) is 0 Å². The molecule has 34 heavy (non-hydrogen) atoms. The largest absolute Gasteiger partial charge is 0.352 e. The van der Waals surface area contributed by atoms with Crippen LogP contribution in [0.4, 0.5) is 18.9 Å². The lowest BCUT2D eigenvalue weighted by atomic mass is 10.1. The number of halogens is 3. The zero-order valence-electron chi connectivity index (χ0n) is 19.4. The van der Waals surface area contributed by atoms with Gasteiger partial charge >= 0.3 is 0 Å². The smallest absolute Gasteiger partial charge is 0.244 e. The molecular weight excluding hydrogens is 471 g/mol. The third-order valence-electron chi connectivity index (χ3n) is 5.30. The Morgan fingerprint density at radius 2 is 1.62 bits per heavy atom. The third kappa shape index (κ3) is 7.21. The van der Waals surface area contributed by atoms with Gasteiger partial charge in [-0.1, -0.05) is 19.1 Å². The Hall–Kier alpha value is -3.08. The number of rotatable bonds is 10. The zero-order chi connectivity index (χ0) is 25.6. The van der Waals surface area contributed by atoms with Gasteiger partial charge in [-0.15, -0.1) is 0 Å². The normalized spacial score (nSPS) is 13.1. The second kappa shape index (κ2) is 11.4. The number of carbonyl (C=O) groups excluding carboxylic acids is 2. The van der Waals surface area contributed by atoms with Gasteiger partial charge in [-0.2, -0.15) is 0 Å². The van der Waals surface area contributed by atoms with E-state index in [2.05, 4.69) is 5.32 Å². The summed E-state index contributed by atoms with van der Waals surface area (Å²) in [6.07, 6.45) is 1.48. The third-order valence-corrected chi connectivity index (χ3v) is 6.45. The zero-order valence-corrected chi connectivity index (χ0v) is 20.2. The van der Waals surface area contributed by atoms with Gasteiger partial charge in [-0.25, -0.2) is 21.6 Å². The lowest BCUT2D eigenvalue weighted by molar-refractivity contribution is -0.139. The van der Waals surface area contributed by atoms with Crippen LogP contribution in [-0.2, 0) is 26.2 Å². The monoisotopic (exact) mass is 499 g/mol. The predicted octanol–water partition coefficient (Wildman–Crippen LogP) is 3.20. The van der Waals surface area contributed by atoms with Gasteiger partial charge in [-0.05, 0) is 50.1 Å². The Morgan fingerprint density at radius 3 is 2.15 bits per heavy atom. The lowest BCUT2D eigenvalue weighted by Gasteiger charge is -2.32. The minimum atomic E-state index is -4.08. The minimum Gasteiger partial charge on any atom is -0.352 e. The molecule has 0 spiro atoms. The molecule has 2 aromatic rings. The van der Waals surface area contributed by atoms with Crippen molar-refractivity contribution >= 4 is 27.5 Å². The molecule has 0 heterocycles. The van der Waals surface area contributed by atoms with Crippen molar-refractivity contribution in [1.29, 1.82) is 0 Å². The van der Waals surface area contributed by atoms with Gasteiger partial charge in [0.1, 0.15) is 18.4 Å². The molecule has 0 aromatic heterocycles. The van der Waals surface area contributed by atoms with Crippen LogP contribution >= 0.6 is 0 Å². The van der Waals surface area contributed by atoms with Crippen molar-refractivity contribution in [2.24, 2.45) is 0 Å². The summed E-state index contributed by atoms with van der Waals surface area (Å²) < 4.78 is 65.9. The lowest BCUT2D eigenvalue weighted by Crippen LogP contribution is -2.52. The van der Waals surface area contributed by atoms with Crippen LogP contribution in [0.25, 0.3) is 0 Å². The molecule has 0 aliphatic heterocycles.